The van der Waals surface area contributed by atoms with Crippen molar-refractivity contribution < 1.29 is 9.50 Å². The van der Waals surface area contributed by atoms with E-state index in [1.54, 1.807) is 0 Å². The van der Waals surface area contributed by atoms with Crippen LogP contribution in [0.1, 0.15) is 50.2 Å². The fourth-order valence-electron chi connectivity index (χ4n) is 2.50. The molecular weight excluding hydrogens is 289 g/mol. The summed E-state index contributed by atoms with van der Waals surface area (Å²) in [6.07, 6.45) is 2.70. The average molecular weight is 309 g/mol. The Labute approximate surface area is 129 Å². The highest BCUT2D eigenvalue weighted by Gasteiger charge is 2.30. The zero-order valence-corrected chi connectivity index (χ0v) is 13.1. The van der Waals surface area contributed by atoms with Crippen molar-refractivity contribution in [3.63, 3.8) is 0 Å². The number of nitrogens with zero attached hydrogens (tertiary/aromatic N) is 1. The molecule has 4 nitrogen and oxygen atoms in total. The summed E-state index contributed by atoms with van der Waals surface area (Å²) in [5, 5.41) is 17.7. The number of hydrogen-bond acceptors (Lipinski definition) is 3. The first-order valence-corrected chi connectivity index (χ1v) is 7.57. The lowest BCUT2D eigenvalue weighted by atomic mass is 10.0. The quantitative estimate of drug-likeness (QED) is 0.455. The molecule has 1 atom stereocenters. The molecule has 0 radical (unpaired) electrons. The van der Waals surface area contributed by atoms with Gasteiger partial charge in [0.05, 0.1) is 5.71 Å². The molecule has 0 amide bonds. The second-order valence-corrected chi connectivity index (χ2v) is 5.65. The lowest BCUT2D eigenvalue weighted by Gasteiger charge is -2.08. The van der Waals surface area contributed by atoms with Crippen LogP contribution in [0.5, 0.6) is 5.75 Å². The maximum absolute atomic E-state index is 13.9. The molecule has 2 rings (SSSR count). The highest BCUT2D eigenvalue weighted by Crippen LogP contribution is 2.39. The number of nitrogens with one attached hydrogen (secondary N) is 2. The van der Waals surface area contributed by atoms with Crippen molar-refractivity contribution in [2.45, 2.75) is 39.0 Å². The van der Waals surface area contributed by atoms with Gasteiger partial charge in [0, 0.05) is 17.7 Å². The Balaban J connectivity index is 2.12. The molecule has 0 aromatic heterocycles. The third kappa shape index (κ3) is 3.50. The predicted molar refractivity (Wildman–Crippen MR) is 86.3 cm³/mol. The fraction of sp³-hybridized carbons (Fsp3) is 0.467. The van der Waals surface area contributed by atoms with Crippen LogP contribution >= 0.6 is 12.2 Å². The van der Waals surface area contributed by atoms with Gasteiger partial charge in [0.15, 0.2) is 5.11 Å². The van der Waals surface area contributed by atoms with Crippen LogP contribution in [0.3, 0.4) is 0 Å². The van der Waals surface area contributed by atoms with Crippen LogP contribution in [0.4, 0.5) is 4.39 Å². The number of fused-ring (bicyclic) bond motifs is 1. The first-order valence-electron chi connectivity index (χ1n) is 7.16. The maximum Gasteiger partial charge on any atom is 0.186 e. The number of aromatic hydroxyl groups is 1. The summed E-state index contributed by atoms with van der Waals surface area (Å²) < 4.78 is 13.9. The Morgan fingerprint density at radius 3 is 3.00 bits per heavy atom. The van der Waals surface area contributed by atoms with Crippen molar-refractivity contribution in [1.82, 2.24) is 10.7 Å². The monoisotopic (exact) mass is 309 g/mol. The van der Waals surface area contributed by atoms with E-state index in [9.17, 15) is 9.50 Å². The van der Waals surface area contributed by atoms with E-state index in [1.807, 2.05) is 6.92 Å². The van der Waals surface area contributed by atoms with Gasteiger partial charge in [0.1, 0.15) is 11.6 Å². The van der Waals surface area contributed by atoms with Crippen molar-refractivity contribution in [1.29, 1.82) is 0 Å². The Bertz CT molecular complexity index is 574. The lowest BCUT2D eigenvalue weighted by molar-refractivity contribution is 0.470. The minimum Gasteiger partial charge on any atom is -0.507 e. The Kier molecular flexibility index (Phi) is 5.12. The number of hydrazone groups is 1. The number of unbranched alkanes of at least 4 members (excludes halogenated alkanes) is 1. The zero-order valence-electron chi connectivity index (χ0n) is 12.2. The minimum atomic E-state index is -0.302. The summed E-state index contributed by atoms with van der Waals surface area (Å²) in [5.74, 6) is -0.250. The number of rotatable bonds is 4. The van der Waals surface area contributed by atoms with Gasteiger partial charge in [-0.2, -0.15) is 5.10 Å². The molecule has 6 heteroatoms. The number of benzene rings is 1. The van der Waals surface area contributed by atoms with Gasteiger partial charge in [-0.1, -0.05) is 20.3 Å². The van der Waals surface area contributed by atoms with Crippen LogP contribution < -0.4 is 10.7 Å². The summed E-state index contributed by atoms with van der Waals surface area (Å²) in [5.41, 5.74) is 4.42. The summed E-state index contributed by atoms with van der Waals surface area (Å²) in [6, 6.07) is 2.65. The average Bonchev–Trinajstić information content (AvgIpc) is 2.79. The van der Waals surface area contributed by atoms with E-state index in [2.05, 4.69) is 22.8 Å². The van der Waals surface area contributed by atoms with Gasteiger partial charge in [0.2, 0.25) is 0 Å². The SMILES string of the molecule is CCCCNC(=S)N/N=C1\C[C@H](C)c2c(F)ccc(O)c21. The third-order valence-electron chi connectivity index (χ3n) is 3.56. The molecular formula is C15H20FN3OS. The van der Waals surface area contributed by atoms with Crippen molar-refractivity contribution in [2.24, 2.45) is 5.10 Å². The summed E-state index contributed by atoms with van der Waals surface area (Å²) >= 11 is 5.12. The molecule has 1 aromatic rings. The topological polar surface area (TPSA) is 56.7 Å². The molecule has 0 saturated carbocycles. The van der Waals surface area contributed by atoms with Gasteiger partial charge in [-0.25, -0.2) is 4.39 Å². The van der Waals surface area contributed by atoms with E-state index >= 15 is 0 Å². The van der Waals surface area contributed by atoms with E-state index in [4.69, 9.17) is 12.2 Å². The molecule has 0 saturated heterocycles. The largest absolute Gasteiger partial charge is 0.507 e. The Morgan fingerprint density at radius 1 is 1.52 bits per heavy atom. The lowest BCUT2D eigenvalue weighted by Crippen LogP contribution is -2.33. The van der Waals surface area contributed by atoms with E-state index in [0.29, 0.717) is 28.4 Å². The van der Waals surface area contributed by atoms with Gasteiger partial charge in [-0.15, -0.1) is 0 Å². The van der Waals surface area contributed by atoms with Crippen molar-refractivity contribution in [3.8, 4) is 5.75 Å². The highest BCUT2D eigenvalue weighted by molar-refractivity contribution is 7.80. The molecule has 0 bridgehead atoms. The molecule has 3 N–H and O–H groups in total. The van der Waals surface area contributed by atoms with Crippen LogP contribution in [-0.4, -0.2) is 22.5 Å². The molecule has 1 aliphatic carbocycles. The molecule has 1 aromatic carbocycles. The van der Waals surface area contributed by atoms with Crippen molar-refractivity contribution >= 4 is 23.0 Å². The van der Waals surface area contributed by atoms with Crippen molar-refractivity contribution in [3.05, 3.63) is 29.1 Å². The highest BCUT2D eigenvalue weighted by atomic mass is 32.1. The normalized spacial score (nSPS) is 18.6. The second kappa shape index (κ2) is 6.85. The van der Waals surface area contributed by atoms with Gasteiger partial charge >= 0.3 is 0 Å². The van der Waals surface area contributed by atoms with Gasteiger partial charge in [0.25, 0.3) is 0 Å². The zero-order chi connectivity index (χ0) is 15.4. The van der Waals surface area contributed by atoms with E-state index in [-0.39, 0.29) is 17.5 Å². The fourth-order valence-corrected chi connectivity index (χ4v) is 2.65. The second-order valence-electron chi connectivity index (χ2n) is 5.24. The molecule has 0 heterocycles. The molecule has 0 spiro atoms. The van der Waals surface area contributed by atoms with Gasteiger partial charge in [-0.3, -0.25) is 5.43 Å². The smallest absolute Gasteiger partial charge is 0.186 e. The molecule has 21 heavy (non-hydrogen) atoms. The molecule has 1 aliphatic rings. The van der Waals surface area contributed by atoms with E-state index in [0.717, 1.165) is 19.4 Å². The standard InChI is InChI=1S/C15H20FN3OS/c1-3-4-7-17-15(21)19-18-11-8-9(2)13-10(16)5-6-12(20)14(11)13/h5-6,9,20H,3-4,7-8H2,1-2H3,(H2,17,19,21)/b18-11+/t9-/m0/s1. The summed E-state index contributed by atoms with van der Waals surface area (Å²) in [4.78, 5) is 0. The van der Waals surface area contributed by atoms with Crippen LogP contribution in [0.2, 0.25) is 0 Å². The number of hydrogen-bond donors (Lipinski definition) is 3. The third-order valence-corrected chi connectivity index (χ3v) is 3.80. The summed E-state index contributed by atoms with van der Waals surface area (Å²) in [6.45, 7) is 4.81. The maximum atomic E-state index is 13.9. The van der Waals surface area contributed by atoms with E-state index < -0.39 is 0 Å². The Morgan fingerprint density at radius 2 is 2.29 bits per heavy atom. The minimum absolute atomic E-state index is 0.00530. The van der Waals surface area contributed by atoms with E-state index in [1.165, 1.54) is 12.1 Å². The number of phenols is 1. The molecule has 0 aliphatic heterocycles. The van der Waals surface area contributed by atoms with Crippen LogP contribution in [0.25, 0.3) is 0 Å². The summed E-state index contributed by atoms with van der Waals surface area (Å²) in [7, 11) is 0. The molecule has 114 valence electrons. The Hall–Kier alpha value is -1.69. The van der Waals surface area contributed by atoms with Gasteiger partial charge < -0.3 is 10.4 Å². The van der Waals surface area contributed by atoms with Crippen molar-refractivity contribution in [2.75, 3.05) is 6.54 Å². The van der Waals surface area contributed by atoms with Crippen LogP contribution in [-0.2, 0) is 0 Å². The van der Waals surface area contributed by atoms with Gasteiger partial charge in [-0.05, 0) is 43.1 Å². The molecule has 0 unspecified atom stereocenters. The first-order chi connectivity index (χ1) is 10.0. The number of phenolic OH excluding ortho intramolecular Hbond substituents is 1. The van der Waals surface area contributed by atoms with Crippen LogP contribution in [0.15, 0.2) is 17.2 Å². The number of thiocarbonyl (C=S) groups is 1. The first kappa shape index (κ1) is 15.7. The van der Waals surface area contributed by atoms with Crippen LogP contribution in [0, 0.1) is 5.82 Å². The number of halogens is 1. The molecule has 0 fully saturated rings. The predicted octanol–water partition coefficient (Wildman–Crippen LogP) is 3.01.